The first kappa shape index (κ1) is 29.2. The number of benzene rings is 1. The first-order chi connectivity index (χ1) is 19.4. The molecule has 1 saturated carbocycles. The third kappa shape index (κ3) is 7.93. The van der Waals surface area contributed by atoms with E-state index in [1.165, 1.54) is 51.4 Å². The summed E-state index contributed by atoms with van der Waals surface area (Å²) in [6, 6.07) is 7.62. The van der Waals surface area contributed by atoms with Crippen LogP contribution in [-0.4, -0.2) is 34.3 Å². The van der Waals surface area contributed by atoms with Gasteiger partial charge in [-0.1, -0.05) is 64.7 Å². The number of carbonyl (C=O) groups is 1. The predicted octanol–water partition coefficient (Wildman–Crippen LogP) is 9.61. The molecule has 1 fully saturated rings. The number of ketones is 1. The normalized spacial score (nSPS) is 21.0. The third-order valence-electron chi connectivity index (χ3n) is 8.16. The minimum atomic E-state index is -1.02. The van der Waals surface area contributed by atoms with E-state index in [2.05, 4.69) is 47.4 Å². The summed E-state index contributed by atoms with van der Waals surface area (Å²) in [5, 5.41) is 4.73. The van der Waals surface area contributed by atoms with Gasteiger partial charge in [0.2, 0.25) is 0 Å². The molecule has 2 aromatic heterocycles. The average molecular weight is 674 g/mol. The van der Waals surface area contributed by atoms with Crippen molar-refractivity contribution in [3.63, 3.8) is 0 Å². The molecule has 0 amide bonds. The molecule has 214 valence electrons. The molecule has 0 saturated heterocycles. The second-order valence-corrected chi connectivity index (χ2v) is 17.0. The zero-order valence-electron chi connectivity index (χ0n) is 23.7. The molecule has 3 heterocycles. The molecule has 3 aromatic rings. The van der Waals surface area contributed by atoms with Gasteiger partial charge in [-0.25, -0.2) is 0 Å². The fourth-order valence-electron chi connectivity index (χ4n) is 5.82. The number of nitrogens with zero attached hydrogens (tertiary/aromatic N) is 3. The van der Waals surface area contributed by atoms with E-state index in [-0.39, 0.29) is 5.78 Å². The topological polar surface area (TPSA) is 83.0 Å². The van der Waals surface area contributed by atoms with Gasteiger partial charge in [0.05, 0.1) is 0 Å². The number of fused-ring (bicyclic) bond motifs is 1. The minimum Gasteiger partial charge on any atom is -0.0528 e. The van der Waals surface area contributed by atoms with Crippen molar-refractivity contribution in [2.75, 3.05) is 14.7 Å². The van der Waals surface area contributed by atoms with E-state index in [9.17, 15) is 4.79 Å². The van der Waals surface area contributed by atoms with Crippen LogP contribution in [-0.2, 0) is 0 Å². The van der Waals surface area contributed by atoms with Crippen LogP contribution < -0.4 is 5.32 Å². The molecule has 2 atom stereocenters. The first-order valence-electron chi connectivity index (χ1n) is 14.7. The number of H-pyrrole nitrogens is 1. The Morgan fingerprint density at radius 1 is 1.12 bits per heavy atom. The molecule has 2 unspecified atom stereocenters. The molecular formula is C32H41ClIN5O. The second-order valence-electron chi connectivity index (χ2n) is 11.5. The number of rotatable bonds is 9. The quantitative estimate of drug-likeness (QED) is 0.103. The molecule has 1 aliphatic carbocycles. The molecule has 0 spiro atoms. The summed E-state index contributed by atoms with van der Waals surface area (Å²) in [5.74, 6) is 2.36. The average Bonchev–Trinajstić information content (AvgIpc) is 3.41. The van der Waals surface area contributed by atoms with Crippen molar-refractivity contribution in [1.29, 1.82) is 0 Å². The van der Waals surface area contributed by atoms with E-state index < -0.39 is 19.8 Å². The van der Waals surface area contributed by atoms with E-state index >= 15 is 0 Å². The predicted molar refractivity (Wildman–Crippen MR) is 178 cm³/mol. The van der Waals surface area contributed by atoms with Crippen LogP contribution in [0, 0.1) is 11.8 Å². The second kappa shape index (κ2) is 14.1. The summed E-state index contributed by atoms with van der Waals surface area (Å²) in [7, 11) is 0. The SMILES string of the molecule is CC1CCCCC(CCCCC(=O)c2cc3cc(Nc4nccc(C5=CCI(C)C=N5)n4)cc(Cl)c3[nH]2)CCC1. The monoisotopic (exact) mass is 673 g/mol. The zero-order chi connectivity index (χ0) is 27.9. The van der Waals surface area contributed by atoms with Gasteiger partial charge in [-0.3, -0.25) is 4.79 Å². The van der Waals surface area contributed by atoms with E-state index in [1.807, 2.05) is 24.3 Å². The molecule has 2 aliphatic rings. The molecule has 5 rings (SSSR count). The Kier molecular flexibility index (Phi) is 10.3. The van der Waals surface area contributed by atoms with Gasteiger partial charge in [0.15, 0.2) is 5.78 Å². The summed E-state index contributed by atoms with van der Waals surface area (Å²) in [6.07, 6.45) is 17.4. The number of aromatic amines is 1. The number of hydrogen-bond donors (Lipinski definition) is 2. The number of carbonyl (C=O) groups excluding carboxylic acids is 1. The number of Topliss-reactive ketones (excluding diaryl/α,β-unsaturated/α-hetero) is 1. The number of hydrogen-bond acceptors (Lipinski definition) is 5. The molecule has 8 heteroatoms. The van der Waals surface area contributed by atoms with Gasteiger partial charge < -0.3 is 0 Å². The molecule has 1 aromatic carbocycles. The van der Waals surface area contributed by atoms with Crippen molar-refractivity contribution in [3.05, 3.63) is 52.9 Å². The number of anilines is 2. The van der Waals surface area contributed by atoms with Crippen molar-refractivity contribution in [1.82, 2.24) is 15.0 Å². The summed E-state index contributed by atoms with van der Waals surface area (Å²) in [5.41, 5.74) is 3.90. The van der Waals surface area contributed by atoms with Gasteiger partial charge in [0.1, 0.15) is 0 Å². The van der Waals surface area contributed by atoms with Crippen molar-refractivity contribution in [3.8, 4) is 0 Å². The van der Waals surface area contributed by atoms with Crippen LogP contribution in [0.25, 0.3) is 16.6 Å². The summed E-state index contributed by atoms with van der Waals surface area (Å²) < 4.78 is 3.23. The van der Waals surface area contributed by atoms with Gasteiger partial charge in [0.25, 0.3) is 0 Å². The Morgan fingerprint density at radius 3 is 2.80 bits per heavy atom. The van der Waals surface area contributed by atoms with Gasteiger partial charge >= 0.3 is 151 Å². The number of alkyl halides is 2. The van der Waals surface area contributed by atoms with Crippen LogP contribution in [0.5, 0.6) is 0 Å². The van der Waals surface area contributed by atoms with E-state index in [0.29, 0.717) is 23.1 Å². The number of aromatic nitrogens is 3. The maximum atomic E-state index is 13.0. The Labute approximate surface area is 250 Å². The Bertz CT molecular complexity index is 1380. The number of nitrogens with one attached hydrogen (secondary N) is 2. The summed E-state index contributed by atoms with van der Waals surface area (Å²) in [6.45, 7) is 2.40. The Hall–Kier alpha value is -2.26. The molecular weight excluding hydrogens is 633 g/mol. The van der Waals surface area contributed by atoms with Gasteiger partial charge in [-0.15, -0.1) is 0 Å². The van der Waals surface area contributed by atoms with Crippen LogP contribution in [0.3, 0.4) is 0 Å². The van der Waals surface area contributed by atoms with Crippen LogP contribution in [0.15, 0.2) is 41.5 Å². The van der Waals surface area contributed by atoms with Crippen LogP contribution >= 0.6 is 31.4 Å². The van der Waals surface area contributed by atoms with Crippen molar-refractivity contribution >= 4 is 69.7 Å². The molecule has 1 aliphatic heterocycles. The molecule has 0 radical (unpaired) electrons. The first-order valence-corrected chi connectivity index (χ1v) is 20.0. The molecule has 2 N–H and O–H groups in total. The van der Waals surface area contributed by atoms with Crippen LogP contribution in [0.1, 0.15) is 93.7 Å². The van der Waals surface area contributed by atoms with Gasteiger partial charge in [-0.2, -0.15) is 0 Å². The van der Waals surface area contributed by atoms with Crippen molar-refractivity contribution in [2.24, 2.45) is 16.8 Å². The van der Waals surface area contributed by atoms with Crippen LogP contribution in [0.2, 0.25) is 5.02 Å². The zero-order valence-corrected chi connectivity index (χ0v) is 26.6. The number of halogens is 2. The number of aliphatic imine (C=N–C) groups is 1. The number of allylic oxidation sites excluding steroid dienone is 1. The van der Waals surface area contributed by atoms with Crippen molar-refractivity contribution < 1.29 is 4.79 Å². The minimum absolute atomic E-state index is 0.153. The third-order valence-corrected chi connectivity index (χ3v) is 11.5. The van der Waals surface area contributed by atoms with E-state index in [0.717, 1.165) is 57.1 Å². The molecule has 40 heavy (non-hydrogen) atoms. The fourth-order valence-corrected chi connectivity index (χ4v) is 8.21. The van der Waals surface area contributed by atoms with E-state index in [1.54, 1.807) is 6.20 Å². The fraction of sp³-hybridized carbons (Fsp3) is 0.500. The van der Waals surface area contributed by atoms with Gasteiger partial charge in [-0.05, 0) is 18.3 Å². The number of unbranched alkanes of at least 4 members (excludes halogenated alkanes) is 1. The van der Waals surface area contributed by atoms with E-state index in [4.69, 9.17) is 11.6 Å². The Morgan fingerprint density at radius 2 is 1.95 bits per heavy atom. The standard InChI is InChI=1S/C32H41ClIN5O/c1-22-8-3-4-10-23(12-7-9-22)11-5-6-13-30(40)29-19-24-18-25(20-26(33)31(24)38-29)37-32-35-17-15-28(39-32)27-14-16-34(2)21-36-27/h14-15,17-23,38H,3-13,16H2,1-2H3,(H,35,37,39). The maximum absolute atomic E-state index is 13.0. The summed E-state index contributed by atoms with van der Waals surface area (Å²) in [4.78, 5) is 32.2. The summed E-state index contributed by atoms with van der Waals surface area (Å²) >= 11 is 5.61. The molecule has 6 nitrogen and oxygen atoms in total. The Balaban J connectivity index is 1.17. The van der Waals surface area contributed by atoms with Gasteiger partial charge in [0, 0.05) is 6.42 Å². The molecule has 0 bridgehead atoms. The van der Waals surface area contributed by atoms with Crippen molar-refractivity contribution in [2.45, 2.75) is 77.6 Å². The smallest absolute Gasteiger partial charge is 0.0528 e. The van der Waals surface area contributed by atoms with Crippen LogP contribution in [0.4, 0.5) is 11.6 Å².